The maximum absolute atomic E-state index is 6.37. The Hall–Kier alpha value is -0.540. The highest BCUT2D eigenvalue weighted by Crippen LogP contribution is 2.52. The van der Waals surface area contributed by atoms with Gasteiger partial charge in [0.05, 0.1) is 4.47 Å². The summed E-state index contributed by atoms with van der Waals surface area (Å²) in [7, 11) is 0. The van der Waals surface area contributed by atoms with Crippen LogP contribution in [0.15, 0.2) is 22.7 Å². The number of nitrogens with two attached hydrogens (primary N) is 1. The average Bonchev–Trinajstić information content (AvgIpc) is 2.69. The van der Waals surface area contributed by atoms with E-state index in [1.54, 1.807) is 0 Å². The Labute approximate surface area is 130 Å². The average molecular weight is 338 g/mol. The van der Waals surface area contributed by atoms with Gasteiger partial charge >= 0.3 is 0 Å². The number of benzene rings is 1. The van der Waals surface area contributed by atoms with Gasteiger partial charge in [0.2, 0.25) is 0 Å². The molecule has 110 valence electrons. The van der Waals surface area contributed by atoms with Gasteiger partial charge in [0.1, 0.15) is 11.9 Å². The molecule has 2 aliphatic rings. The predicted octanol–water partition coefficient (Wildman–Crippen LogP) is 4.58. The van der Waals surface area contributed by atoms with E-state index in [0.29, 0.717) is 12.1 Å². The summed E-state index contributed by atoms with van der Waals surface area (Å²) in [5.41, 5.74) is 7.86. The molecule has 0 bridgehead atoms. The molecule has 2 N–H and O–H groups in total. The topological polar surface area (TPSA) is 35.2 Å². The SMILES string of the molecule is Cc1ccc(OC2CC(N)C23CCCCCC3)c(Br)c1. The van der Waals surface area contributed by atoms with Crippen molar-refractivity contribution in [3.8, 4) is 5.75 Å². The van der Waals surface area contributed by atoms with E-state index in [1.165, 1.54) is 44.1 Å². The van der Waals surface area contributed by atoms with E-state index in [-0.39, 0.29) is 5.41 Å². The molecule has 2 unspecified atom stereocenters. The zero-order valence-corrected chi connectivity index (χ0v) is 13.8. The van der Waals surface area contributed by atoms with Crippen LogP contribution < -0.4 is 10.5 Å². The van der Waals surface area contributed by atoms with Gasteiger partial charge in [-0.05, 0) is 53.4 Å². The molecule has 20 heavy (non-hydrogen) atoms. The van der Waals surface area contributed by atoms with Crippen molar-refractivity contribution in [1.82, 2.24) is 0 Å². The summed E-state index contributed by atoms with van der Waals surface area (Å²) >= 11 is 3.62. The normalized spacial score (nSPS) is 28.8. The van der Waals surface area contributed by atoms with Crippen LogP contribution in [0.25, 0.3) is 0 Å². The summed E-state index contributed by atoms with van der Waals surface area (Å²) in [6, 6.07) is 6.63. The summed E-state index contributed by atoms with van der Waals surface area (Å²) in [5.74, 6) is 0.969. The fourth-order valence-corrected chi connectivity index (χ4v) is 4.46. The number of hydrogen-bond donors (Lipinski definition) is 1. The van der Waals surface area contributed by atoms with Gasteiger partial charge in [-0.2, -0.15) is 0 Å². The van der Waals surface area contributed by atoms with E-state index in [1.807, 2.05) is 0 Å². The van der Waals surface area contributed by atoms with Crippen LogP contribution >= 0.6 is 15.9 Å². The molecule has 0 saturated heterocycles. The van der Waals surface area contributed by atoms with E-state index < -0.39 is 0 Å². The summed E-state index contributed by atoms with van der Waals surface area (Å²) in [6.07, 6.45) is 9.11. The minimum absolute atomic E-state index is 0.237. The fourth-order valence-electron chi connectivity index (χ4n) is 3.88. The van der Waals surface area contributed by atoms with Gasteiger partial charge in [0.15, 0.2) is 0 Å². The molecule has 3 heteroatoms. The molecule has 0 heterocycles. The van der Waals surface area contributed by atoms with E-state index in [2.05, 4.69) is 41.1 Å². The molecule has 2 atom stereocenters. The van der Waals surface area contributed by atoms with E-state index in [0.717, 1.165) is 16.6 Å². The van der Waals surface area contributed by atoms with Crippen molar-refractivity contribution in [2.45, 2.75) is 64.0 Å². The Bertz CT molecular complexity index is 480. The molecule has 0 amide bonds. The summed E-state index contributed by atoms with van der Waals surface area (Å²) in [4.78, 5) is 0. The van der Waals surface area contributed by atoms with Crippen molar-refractivity contribution in [2.75, 3.05) is 0 Å². The highest BCUT2D eigenvalue weighted by Gasteiger charge is 2.54. The van der Waals surface area contributed by atoms with E-state index in [9.17, 15) is 0 Å². The van der Waals surface area contributed by atoms with Crippen molar-refractivity contribution in [2.24, 2.45) is 11.1 Å². The van der Waals surface area contributed by atoms with Gasteiger partial charge < -0.3 is 10.5 Å². The van der Waals surface area contributed by atoms with Gasteiger partial charge in [-0.3, -0.25) is 0 Å². The van der Waals surface area contributed by atoms with Crippen molar-refractivity contribution in [3.05, 3.63) is 28.2 Å². The minimum Gasteiger partial charge on any atom is -0.489 e. The summed E-state index contributed by atoms with van der Waals surface area (Å²) in [5, 5.41) is 0. The van der Waals surface area contributed by atoms with Gasteiger partial charge in [-0.25, -0.2) is 0 Å². The van der Waals surface area contributed by atoms with Crippen LogP contribution in [0, 0.1) is 12.3 Å². The third-order valence-corrected chi connectivity index (χ3v) is 5.86. The van der Waals surface area contributed by atoms with Gasteiger partial charge in [0, 0.05) is 17.9 Å². The third-order valence-electron chi connectivity index (χ3n) is 5.24. The molecule has 3 rings (SSSR count). The summed E-state index contributed by atoms with van der Waals surface area (Å²) < 4.78 is 7.39. The fraction of sp³-hybridized carbons (Fsp3) is 0.647. The lowest BCUT2D eigenvalue weighted by Gasteiger charge is -2.54. The standard InChI is InChI=1S/C17H24BrNO/c1-12-6-7-14(13(18)10-12)20-16-11-15(19)17(16)8-4-2-3-5-9-17/h6-7,10,15-16H,2-5,8-9,11,19H2,1H3. The molecular formula is C17H24BrNO. The Morgan fingerprint density at radius 3 is 2.50 bits per heavy atom. The van der Waals surface area contributed by atoms with Crippen molar-refractivity contribution < 1.29 is 4.74 Å². The maximum atomic E-state index is 6.37. The minimum atomic E-state index is 0.237. The smallest absolute Gasteiger partial charge is 0.133 e. The van der Waals surface area contributed by atoms with Crippen LogP contribution in [-0.4, -0.2) is 12.1 Å². The molecule has 2 saturated carbocycles. The molecular weight excluding hydrogens is 314 g/mol. The Morgan fingerprint density at radius 2 is 1.90 bits per heavy atom. The second-order valence-electron chi connectivity index (χ2n) is 6.53. The molecule has 0 aliphatic heterocycles. The maximum Gasteiger partial charge on any atom is 0.133 e. The lowest BCUT2D eigenvalue weighted by atomic mass is 9.58. The van der Waals surface area contributed by atoms with Crippen LogP contribution in [0.3, 0.4) is 0 Å². The highest BCUT2D eigenvalue weighted by molar-refractivity contribution is 9.10. The Kier molecular flexibility index (Phi) is 4.09. The van der Waals surface area contributed by atoms with Gasteiger partial charge in [0.25, 0.3) is 0 Å². The number of rotatable bonds is 2. The Morgan fingerprint density at radius 1 is 1.20 bits per heavy atom. The van der Waals surface area contributed by atoms with Gasteiger partial charge in [-0.1, -0.05) is 31.7 Å². The third kappa shape index (κ3) is 2.50. The first kappa shape index (κ1) is 14.4. The van der Waals surface area contributed by atoms with Crippen LogP contribution in [-0.2, 0) is 0 Å². The predicted molar refractivity (Wildman–Crippen MR) is 86.0 cm³/mol. The van der Waals surface area contributed by atoms with Crippen LogP contribution in [0.4, 0.5) is 0 Å². The summed E-state index contributed by atoms with van der Waals surface area (Å²) in [6.45, 7) is 2.10. The van der Waals surface area contributed by atoms with Crippen molar-refractivity contribution >= 4 is 15.9 Å². The van der Waals surface area contributed by atoms with E-state index >= 15 is 0 Å². The second-order valence-corrected chi connectivity index (χ2v) is 7.38. The quantitative estimate of drug-likeness (QED) is 0.857. The largest absolute Gasteiger partial charge is 0.489 e. The molecule has 1 aromatic rings. The molecule has 1 aromatic carbocycles. The van der Waals surface area contributed by atoms with Crippen molar-refractivity contribution in [1.29, 1.82) is 0 Å². The van der Waals surface area contributed by atoms with Gasteiger partial charge in [-0.15, -0.1) is 0 Å². The number of ether oxygens (including phenoxy) is 1. The monoisotopic (exact) mass is 337 g/mol. The van der Waals surface area contributed by atoms with Crippen LogP contribution in [0.5, 0.6) is 5.75 Å². The zero-order chi connectivity index (χ0) is 14.2. The number of aryl methyl sites for hydroxylation is 1. The molecule has 0 aromatic heterocycles. The molecule has 2 fully saturated rings. The Balaban J connectivity index is 1.76. The first-order valence-corrected chi connectivity index (χ1v) is 8.59. The zero-order valence-electron chi connectivity index (χ0n) is 12.2. The van der Waals surface area contributed by atoms with E-state index in [4.69, 9.17) is 10.5 Å². The number of halogens is 1. The molecule has 2 nitrogen and oxygen atoms in total. The van der Waals surface area contributed by atoms with Crippen LogP contribution in [0.2, 0.25) is 0 Å². The lowest BCUT2D eigenvalue weighted by molar-refractivity contribution is -0.0773. The molecule has 0 radical (unpaired) electrons. The molecule has 2 aliphatic carbocycles. The lowest BCUT2D eigenvalue weighted by Crippen LogP contribution is -2.63. The van der Waals surface area contributed by atoms with Crippen LogP contribution in [0.1, 0.15) is 50.5 Å². The first-order valence-electron chi connectivity index (χ1n) is 7.80. The van der Waals surface area contributed by atoms with Crippen molar-refractivity contribution in [3.63, 3.8) is 0 Å². The number of hydrogen-bond acceptors (Lipinski definition) is 2. The first-order chi connectivity index (χ1) is 9.62. The molecule has 1 spiro atoms. The highest BCUT2D eigenvalue weighted by atomic mass is 79.9. The second kappa shape index (κ2) is 5.69.